The molecule has 0 aromatic heterocycles. The van der Waals surface area contributed by atoms with Gasteiger partial charge >= 0.3 is 5.97 Å². The maximum Gasteiger partial charge on any atom is 0.310 e. The SMILES string of the molecule is COCC1(CC[C@@H]2CC2c2ccc(F)c(F)c2)CCN(CC2(C(=O)O)CCC2)CC1. The van der Waals surface area contributed by atoms with Crippen LogP contribution in [-0.4, -0.2) is 49.3 Å². The van der Waals surface area contributed by atoms with Crippen molar-refractivity contribution in [3.05, 3.63) is 35.4 Å². The highest BCUT2D eigenvalue weighted by atomic mass is 19.2. The van der Waals surface area contributed by atoms with E-state index in [1.165, 1.54) is 12.1 Å². The van der Waals surface area contributed by atoms with Crippen LogP contribution in [0.4, 0.5) is 8.78 Å². The van der Waals surface area contributed by atoms with E-state index in [0.717, 1.165) is 76.6 Å². The van der Waals surface area contributed by atoms with Crippen molar-refractivity contribution >= 4 is 5.97 Å². The van der Waals surface area contributed by atoms with Crippen molar-refractivity contribution in [1.82, 2.24) is 4.90 Å². The van der Waals surface area contributed by atoms with Crippen LogP contribution in [0.15, 0.2) is 18.2 Å². The normalized spacial score (nSPS) is 27.4. The molecular formula is C24H33F2NO3. The van der Waals surface area contributed by atoms with E-state index >= 15 is 0 Å². The van der Waals surface area contributed by atoms with Crippen molar-refractivity contribution in [3.63, 3.8) is 0 Å². The molecule has 2 saturated carbocycles. The van der Waals surface area contributed by atoms with Crippen molar-refractivity contribution in [3.8, 4) is 0 Å². The number of carbonyl (C=O) groups is 1. The number of halogens is 2. The van der Waals surface area contributed by atoms with Crippen LogP contribution in [0, 0.1) is 28.4 Å². The summed E-state index contributed by atoms with van der Waals surface area (Å²) in [5, 5.41) is 9.61. The first-order chi connectivity index (χ1) is 14.4. The number of nitrogens with zero attached hydrogens (tertiary/aromatic N) is 1. The third-order valence-corrected chi connectivity index (χ3v) is 8.00. The van der Waals surface area contributed by atoms with E-state index in [2.05, 4.69) is 4.90 Å². The van der Waals surface area contributed by atoms with E-state index in [1.54, 1.807) is 13.2 Å². The third-order valence-electron chi connectivity index (χ3n) is 8.00. The molecule has 0 radical (unpaired) electrons. The molecule has 6 heteroatoms. The molecule has 1 saturated heterocycles. The summed E-state index contributed by atoms with van der Waals surface area (Å²) >= 11 is 0. The van der Waals surface area contributed by atoms with E-state index in [9.17, 15) is 18.7 Å². The number of aliphatic carboxylic acids is 1. The highest BCUT2D eigenvalue weighted by molar-refractivity contribution is 5.76. The number of benzene rings is 1. The molecule has 1 heterocycles. The van der Waals surface area contributed by atoms with Crippen LogP contribution in [0.1, 0.15) is 62.8 Å². The molecular weight excluding hydrogens is 388 g/mol. The molecule has 1 N–H and O–H groups in total. The zero-order chi connectivity index (χ0) is 21.4. The number of methoxy groups -OCH3 is 1. The second-order valence-electron chi connectivity index (χ2n) is 9.96. The average Bonchev–Trinajstić information content (AvgIpc) is 3.46. The smallest absolute Gasteiger partial charge is 0.310 e. The number of hydrogen-bond acceptors (Lipinski definition) is 3. The number of carboxylic acids is 1. The van der Waals surface area contributed by atoms with Gasteiger partial charge in [-0.1, -0.05) is 12.5 Å². The lowest BCUT2D eigenvalue weighted by atomic mass is 9.67. The van der Waals surface area contributed by atoms with Gasteiger partial charge in [0.05, 0.1) is 12.0 Å². The molecule has 2 atom stereocenters. The molecule has 1 aromatic carbocycles. The van der Waals surface area contributed by atoms with Crippen LogP contribution in [0.2, 0.25) is 0 Å². The van der Waals surface area contributed by atoms with E-state index in [-0.39, 0.29) is 5.41 Å². The molecule has 166 valence electrons. The fraction of sp³-hybridized carbons (Fsp3) is 0.708. The summed E-state index contributed by atoms with van der Waals surface area (Å²) in [6.07, 6.45) is 7.87. The number of piperidine rings is 1. The van der Waals surface area contributed by atoms with Gasteiger partial charge in [0.1, 0.15) is 0 Å². The molecule has 1 aliphatic heterocycles. The minimum atomic E-state index is -0.784. The maximum atomic E-state index is 13.5. The third kappa shape index (κ3) is 4.40. The molecule has 1 unspecified atom stereocenters. The Kier molecular flexibility index (Phi) is 6.18. The second kappa shape index (κ2) is 8.54. The number of rotatable bonds is 9. The summed E-state index contributed by atoms with van der Waals surface area (Å²) in [6.45, 7) is 3.25. The lowest BCUT2D eigenvalue weighted by molar-refractivity contribution is -0.157. The molecule has 1 aromatic rings. The van der Waals surface area contributed by atoms with Gasteiger partial charge in [-0.15, -0.1) is 0 Å². The fourth-order valence-corrected chi connectivity index (χ4v) is 5.64. The first-order valence-electron chi connectivity index (χ1n) is 11.3. The van der Waals surface area contributed by atoms with Crippen LogP contribution in [0.3, 0.4) is 0 Å². The van der Waals surface area contributed by atoms with Crippen molar-refractivity contribution in [2.45, 2.75) is 57.3 Å². The lowest BCUT2D eigenvalue weighted by Crippen LogP contribution is -2.51. The summed E-state index contributed by atoms with van der Waals surface area (Å²) < 4.78 is 32.3. The topological polar surface area (TPSA) is 49.8 Å². The molecule has 3 fully saturated rings. The summed E-state index contributed by atoms with van der Waals surface area (Å²) in [4.78, 5) is 14.0. The van der Waals surface area contributed by atoms with Crippen LogP contribution in [0.25, 0.3) is 0 Å². The Morgan fingerprint density at radius 1 is 1.20 bits per heavy atom. The summed E-state index contributed by atoms with van der Waals surface area (Å²) in [5.41, 5.74) is 0.531. The van der Waals surface area contributed by atoms with Crippen LogP contribution >= 0.6 is 0 Å². The number of likely N-dealkylation sites (tertiary alicyclic amines) is 1. The van der Waals surface area contributed by atoms with Crippen molar-refractivity contribution in [1.29, 1.82) is 0 Å². The zero-order valence-corrected chi connectivity index (χ0v) is 17.8. The quantitative estimate of drug-likeness (QED) is 0.620. The van der Waals surface area contributed by atoms with Crippen LogP contribution in [0.5, 0.6) is 0 Å². The molecule has 3 aliphatic rings. The van der Waals surface area contributed by atoms with Gasteiger partial charge in [0.2, 0.25) is 0 Å². The Hall–Kier alpha value is -1.53. The monoisotopic (exact) mass is 421 g/mol. The Bertz CT molecular complexity index is 772. The number of hydrogen-bond donors (Lipinski definition) is 1. The minimum absolute atomic E-state index is 0.141. The molecule has 4 rings (SSSR count). The molecule has 30 heavy (non-hydrogen) atoms. The molecule has 0 amide bonds. The van der Waals surface area contributed by atoms with Crippen LogP contribution < -0.4 is 0 Å². The van der Waals surface area contributed by atoms with E-state index in [0.29, 0.717) is 18.4 Å². The van der Waals surface area contributed by atoms with Gasteiger partial charge < -0.3 is 14.7 Å². The van der Waals surface area contributed by atoms with Gasteiger partial charge in [-0.05, 0) is 93.0 Å². The standard InChI is InChI=1S/C24H33F2NO3/c1-30-16-23(8-5-18-13-19(18)17-3-4-20(25)21(26)14-17)9-11-27(12-10-23)15-24(22(28)29)6-2-7-24/h3-4,14,18-19H,2,5-13,15-16H2,1H3,(H,28,29)/t18-,19?/m1/s1. The summed E-state index contributed by atoms with van der Waals surface area (Å²) in [7, 11) is 1.75. The first-order valence-corrected chi connectivity index (χ1v) is 11.3. The van der Waals surface area contributed by atoms with Crippen molar-refractivity contribution in [2.75, 3.05) is 33.4 Å². The summed E-state index contributed by atoms with van der Waals surface area (Å²) in [5.74, 6) is -1.31. The largest absolute Gasteiger partial charge is 0.481 e. The van der Waals surface area contributed by atoms with Gasteiger partial charge in [-0.2, -0.15) is 0 Å². The minimum Gasteiger partial charge on any atom is -0.481 e. The van der Waals surface area contributed by atoms with Crippen molar-refractivity contribution < 1.29 is 23.4 Å². The fourth-order valence-electron chi connectivity index (χ4n) is 5.64. The Morgan fingerprint density at radius 2 is 1.93 bits per heavy atom. The maximum absolute atomic E-state index is 13.5. The second-order valence-corrected chi connectivity index (χ2v) is 9.96. The van der Waals surface area contributed by atoms with Gasteiger partial charge in [0.25, 0.3) is 0 Å². The Morgan fingerprint density at radius 3 is 2.50 bits per heavy atom. The van der Waals surface area contributed by atoms with E-state index in [4.69, 9.17) is 4.74 Å². The molecule has 0 bridgehead atoms. The number of carboxylic acid groups (broad SMARTS) is 1. The number of ether oxygens (including phenoxy) is 1. The first kappa shape index (κ1) is 21.7. The van der Waals surface area contributed by atoms with Gasteiger partial charge in [-0.3, -0.25) is 4.79 Å². The van der Waals surface area contributed by atoms with Gasteiger partial charge in [0.15, 0.2) is 11.6 Å². The summed E-state index contributed by atoms with van der Waals surface area (Å²) in [6, 6.07) is 4.29. The Balaban J connectivity index is 1.29. The lowest BCUT2D eigenvalue weighted by Gasteiger charge is -2.46. The highest BCUT2D eigenvalue weighted by Crippen LogP contribution is 2.52. The predicted octanol–water partition coefficient (Wildman–Crippen LogP) is 4.83. The van der Waals surface area contributed by atoms with E-state index in [1.807, 2.05) is 0 Å². The van der Waals surface area contributed by atoms with Crippen LogP contribution in [-0.2, 0) is 9.53 Å². The average molecular weight is 422 g/mol. The van der Waals surface area contributed by atoms with Gasteiger partial charge in [0, 0.05) is 13.7 Å². The Labute approximate surface area is 177 Å². The molecule has 4 nitrogen and oxygen atoms in total. The van der Waals surface area contributed by atoms with E-state index < -0.39 is 23.0 Å². The zero-order valence-electron chi connectivity index (χ0n) is 17.8. The highest BCUT2D eigenvalue weighted by Gasteiger charge is 2.47. The molecule has 2 aliphatic carbocycles. The predicted molar refractivity (Wildman–Crippen MR) is 110 cm³/mol. The molecule has 0 spiro atoms. The van der Waals surface area contributed by atoms with Gasteiger partial charge in [-0.25, -0.2) is 8.78 Å². The van der Waals surface area contributed by atoms with Crippen molar-refractivity contribution in [2.24, 2.45) is 16.7 Å².